The molecule has 0 aromatic heterocycles. The predicted octanol–water partition coefficient (Wildman–Crippen LogP) is 12.8. The van der Waals surface area contributed by atoms with Crippen molar-refractivity contribution in [3.05, 3.63) is 134 Å². The molecule has 10 nitrogen and oxygen atoms in total. The first-order chi connectivity index (χ1) is 31.6. The topological polar surface area (TPSA) is 114 Å². The number of aliphatic hydroxyl groups is 2. The van der Waals surface area contributed by atoms with Crippen molar-refractivity contribution in [1.82, 2.24) is 0 Å². The molecular formula is C55H79Br4NaO10. The van der Waals surface area contributed by atoms with Crippen LogP contribution in [0.5, 0.6) is 17.2 Å². The second-order valence-corrected chi connectivity index (χ2v) is 23.9. The van der Waals surface area contributed by atoms with Gasteiger partial charge in [-0.3, -0.25) is 0 Å². The molecule has 3 aliphatic heterocycles. The van der Waals surface area contributed by atoms with Crippen molar-refractivity contribution in [1.29, 1.82) is 0 Å². The molecule has 3 aliphatic rings. The fraction of sp³-hybridized carbons (Fsp3) is 0.527. The van der Waals surface area contributed by atoms with E-state index in [0.717, 1.165) is 69.4 Å². The molecule has 3 aromatic carbocycles. The van der Waals surface area contributed by atoms with Crippen LogP contribution in [0.15, 0.2) is 100 Å². The van der Waals surface area contributed by atoms with Gasteiger partial charge in [-0.1, -0.05) is 102 Å². The molecule has 0 unspecified atom stereocenters. The zero-order valence-corrected chi connectivity index (χ0v) is 52.8. The van der Waals surface area contributed by atoms with E-state index in [9.17, 15) is 0 Å². The molecule has 0 aliphatic carbocycles. The quantitative estimate of drug-likeness (QED) is 0.0974. The van der Waals surface area contributed by atoms with Crippen LogP contribution in [0, 0.1) is 5.41 Å². The third-order valence-electron chi connectivity index (χ3n) is 10.1. The van der Waals surface area contributed by atoms with Crippen molar-refractivity contribution >= 4 is 63.7 Å². The van der Waals surface area contributed by atoms with Crippen LogP contribution in [0.25, 0.3) is 0 Å². The molecule has 3 heterocycles. The van der Waals surface area contributed by atoms with Crippen molar-refractivity contribution in [3.63, 3.8) is 0 Å². The summed E-state index contributed by atoms with van der Waals surface area (Å²) in [4.78, 5) is 0. The molecule has 3 aromatic rings. The monoisotopic (exact) mass is 1240 g/mol. The Morgan fingerprint density at radius 1 is 0.600 bits per heavy atom. The van der Waals surface area contributed by atoms with Gasteiger partial charge in [-0.2, -0.15) is 0 Å². The van der Waals surface area contributed by atoms with Gasteiger partial charge in [0, 0.05) is 99.1 Å². The average Bonchev–Trinajstić information content (AvgIpc) is 3.23. The number of rotatable bonds is 13. The Balaban J connectivity index is 0.000000916. The molecule has 0 saturated carbocycles. The van der Waals surface area contributed by atoms with Gasteiger partial charge in [-0.05, 0) is 84.4 Å². The third-order valence-corrected chi connectivity index (χ3v) is 12.0. The molecule has 6 rings (SSSR count). The molecule has 2 N–H and O–H groups in total. The fourth-order valence-electron chi connectivity index (χ4n) is 5.90. The standard InChI is InChI=1S/C17H23BrO3.C16H21BrO3.C11H12Br2O2.C6H12O.C5H10O.Na.H/c1-6-16(2,3)11-19-9-12-7-14(18)8-13-10-20-17(4,5)21-15(12)13;1-6-15(2,3)18-9-11-7-13(17)8-12-10-19-16(4,5)20-14(11)12;1-11(2)14-6-8-4-9(13)3-7(5-12)10(8)15-11;1-4-5-6(2,3)7;1-4-5(2,3)6;;/h6-8H,1,9-11H2,2-5H3;6-8H,1,9-10H2,2-5H3;3-4H,5-6H2,1-2H3;4,7H,1,5H2,2-3H3;4,6H,1H2,2-3H3;;/q;;;;;+1;-1. The Morgan fingerprint density at radius 3 is 1.26 bits per heavy atom. The molecule has 0 radical (unpaired) electrons. The minimum atomic E-state index is -0.694. The number of benzene rings is 3. The van der Waals surface area contributed by atoms with Gasteiger partial charge >= 0.3 is 29.6 Å². The van der Waals surface area contributed by atoms with Crippen LogP contribution in [-0.2, 0) is 62.0 Å². The van der Waals surface area contributed by atoms with Crippen molar-refractivity contribution in [3.8, 4) is 17.2 Å². The van der Waals surface area contributed by atoms with E-state index in [1.54, 1.807) is 39.8 Å². The molecule has 0 fully saturated rings. The summed E-state index contributed by atoms with van der Waals surface area (Å²) >= 11 is 14.0. The molecular weight excluding hydrogens is 1160 g/mol. The van der Waals surface area contributed by atoms with Gasteiger partial charge < -0.3 is 49.5 Å². The molecule has 0 saturated heterocycles. The fourth-order valence-corrected chi connectivity index (χ4v) is 7.98. The summed E-state index contributed by atoms with van der Waals surface area (Å²) in [5.41, 5.74) is 4.72. The molecule has 0 atom stereocenters. The summed E-state index contributed by atoms with van der Waals surface area (Å²) in [5, 5.41) is 18.4. The summed E-state index contributed by atoms with van der Waals surface area (Å²) in [6.07, 6.45) is 7.57. The Bertz CT molecular complexity index is 2180. The molecule has 70 heavy (non-hydrogen) atoms. The Hall–Kier alpha value is -1.34. The maximum atomic E-state index is 8.95. The van der Waals surface area contributed by atoms with Crippen molar-refractivity contribution < 1.29 is 79.1 Å². The Morgan fingerprint density at radius 2 is 0.957 bits per heavy atom. The van der Waals surface area contributed by atoms with E-state index in [-0.39, 0.29) is 42.0 Å². The van der Waals surface area contributed by atoms with E-state index in [4.69, 9.17) is 48.1 Å². The first-order valence-electron chi connectivity index (χ1n) is 22.8. The van der Waals surface area contributed by atoms with Gasteiger partial charge in [-0.15, -0.1) is 26.3 Å². The van der Waals surface area contributed by atoms with Crippen LogP contribution in [-0.4, -0.2) is 51.0 Å². The van der Waals surface area contributed by atoms with E-state index in [0.29, 0.717) is 46.1 Å². The van der Waals surface area contributed by atoms with E-state index in [1.807, 2.05) is 91.8 Å². The predicted molar refractivity (Wildman–Crippen MR) is 295 cm³/mol. The van der Waals surface area contributed by atoms with Crippen LogP contribution in [0.3, 0.4) is 0 Å². The van der Waals surface area contributed by atoms with Crippen molar-refractivity contribution in [2.45, 2.75) is 176 Å². The summed E-state index contributed by atoms with van der Waals surface area (Å²) in [6, 6.07) is 12.2. The van der Waals surface area contributed by atoms with E-state index < -0.39 is 28.6 Å². The van der Waals surface area contributed by atoms with Crippen LogP contribution < -0.4 is 43.8 Å². The van der Waals surface area contributed by atoms with E-state index >= 15 is 0 Å². The number of alkyl halides is 1. The number of halogens is 4. The second-order valence-electron chi connectivity index (χ2n) is 20.6. The van der Waals surface area contributed by atoms with E-state index in [2.05, 4.69) is 110 Å². The van der Waals surface area contributed by atoms with Crippen molar-refractivity contribution in [2.75, 3.05) is 6.61 Å². The SMILES string of the molecule is C=CC(C)(C)COCc1cc(Br)cc2c1OC(C)(C)OC2.C=CC(C)(C)O.C=CC(C)(C)OCc1cc(Br)cc2c1OC(C)(C)OC2.C=CCC(C)(C)O.CC1(C)OCc2cc(Br)cc(CBr)c2O1.[H-].[Na+]. The summed E-state index contributed by atoms with van der Waals surface area (Å²) in [7, 11) is 0. The van der Waals surface area contributed by atoms with E-state index in [1.165, 1.54) is 6.08 Å². The third kappa shape index (κ3) is 24.8. The maximum absolute atomic E-state index is 8.95. The van der Waals surface area contributed by atoms with Gasteiger partial charge in [0.1, 0.15) is 17.2 Å². The molecule has 15 heteroatoms. The average molecular weight is 1240 g/mol. The number of hydrogen-bond donors (Lipinski definition) is 2. The smallest absolute Gasteiger partial charge is 1.00 e. The van der Waals surface area contributed by atoms with Crippen LogP contribution in [0.1, 0.15) is 138 Å². The normalized spacial score (nSPS) is 16.0. The second kappa shape index (κ2) is 28.5. The van der Waals surface area contributed by atoms with Crippen LogP contribution in [0.2, 0.25) is 0 Å². The largest absolute Gasteiger partial charge is 1.00 e. The summed E-state index contributed by atoms with van der Waals surface area (Å²) < 4.78 is 49.5. The molecule has 388 valence electrons. The summed E-state index contributed by atoms with van der Waals surface area (Å²) in [5.74, 6) is 0.957. The zero-order chi connectivity index (χ0) is 52.8. The molecule has 0 bridgehead atoms. The van der Waals surface area contributed by atoms with Gasteiger partial charge in [0.05, 0.1) is 56.4 Å². The van der Waals surface area contributed by atoms with Gasteiger partial charge in [0.2, 0.25) is 17.4 Å². The first-order valence-corrected chi connectivity index (χ1v) is 26.3. The maximum Gasteiger partial charge on any atom is 1.00 e. The Kier molecular flexibility index (Phi) is 27.2. The molecule has 0 amide bonds. The summed E-state index contributed by atoms with van der Waals surface area (Å²) in [6.45, 7) is 44.3. The number of ether oxygens (including phenoxy) is 8. The van der Waals surface area contributed by atoms with Crippen LogP contribution in [0.4, 0.5) is 0 Å². The van der Waals surface area contributed by atoms with Crippen LogP contribution >= 0.6 is 63.7 Å². The number of fused-ring (bicyclic) bond motifs is 3. The zero-order valence-electron chi connectivity index (χ0n) is 45.4. The molecule has 0 spiro atoms. The Labute approximate surface area is 477 Å². The van der Waals surface area contributed by atoms with Crippen molar-refractivity contribution in [2.24, 2.45) is 5.41 Å². The van der Waals surface area contributed by atoms with Gasteiger partial charge in [-0.25, -0.2) is 0 Å². The first kappa shape index (κ1) is 66.7. The van der Waals surface area contributed by atoms with Gasteiger partial charge in [0.25, 0.3) is 0 Å². The minimum absolute atomic E-state index is 0. The number of hydrogen-bond acceptors (Lipinski definition) is 10. The van der Waals surface area contributed by atoms with Gasteiger partial charge in [0.15, 0.2) is 0 Å². The minimum Gasteiger partial charge on any atom is -1.00 e.